The summed E-state index contributed by atoms with van der Waals surface area (Å²) < 4.78 is 11.6. The van der Waals surface area contributed by atoms with Gasteiger partial charge in [0.2, 0.25) is 5.90 Å². The highest BCUT2D eigenvalue weighted by atomic mass is 16.5. The Morgan fingerprint density at radius 2 is 2.32 bits per heavy atom. The zero-order valence-corrected chi connectivity index (χ0v) is 13.6. The van der Waals surface area contributed by atoms with Crippen LogP contribution in [0.25, 0.3) is 0 Å². The molecular formula is C18H26N2O2. The fraction of sp³-hybridized carbons (Fsp3) is 0.611. The van der Waals surface area contributed by atoms with E-state index < -0.39 is 0 Å². The highest BCUT2D eigenvalue weighted by molar-refractivity contribution is 5.95. The van der Waals surface area contributed by atoms with Crippen molar-refractivity contribution in [1.82, 2.24) is 5.32 Å². The SMILES string of the molecule is CC1(C)COC(c2cccc(OCCCC3CCNC3)c2)=N1. The first-order chi connectivity index (χ1) is 10.6. The van der Waals surface area contributed by atoms with Crippen molar-refractivity contribution in [3.63, 3.8) is 0 Å². The minimum Gasteiger partial charge on any atom is -0.494 e. The van der Waals surface area contributed by atoms with Gasteiger partial charge < -0.3 is 14.8 Å². The van der Waals surface area contributed by atoms with Crippen molar-refractivity contribution >= 4 is 5.90 Å². The van der Waals surface area contributed by atoms with Gasteiger partial charge in [0.15, 0.2) is 0 Å². The van der Waals surface area contributed by atoms with Crippen LogP contribution in [-0.2, 0) is 4.74 Å². The summed E-state index contributed by atoms with van der Waals surface area (Å²) in [6.07, 6.45) is 3.67. The van der Waals surface area contributed by atoms with Crippen LogP contribution in [0.3, 0.4) is 0 Å². The summed E-state index contributed by atoms with van der Waals surface area (Å²) in [5.74, 6) is 2.46. The molecule has 0 bridgehead atoms. The number of aliphatic imine (C=N–C) groups is 1. The fourth-order valence-corrected chi connectivity index (χ4v) is 2.97. The van der Waals surface area contributed by atoms with E-state index in [0.29, 0.717) is 6.61 Å². The van der Waals surface area contributed by atoms with Crippen LogP contribution in [0.15, 0.2) is 29.3 Å². The third-order valence-electron chi connectivity index (χ3n) is 4.24. The number of nitrogens with one attached hydrogen (secondary N) is 1. The van der Waals surface area contributed by atoms with Gasteiger partial charge in [-0.15, -0.1) is 0 Å². The zero-order chi connectivity index (χ0) is 15.4. The first kappa shape index (κ1) is 15.3. The third-order valence-corrected chi connectivity index (χ3v) is 4.24. The molecule has 4 heteroatoms. The number of benzene rings is 1. The Labute approximate surface area is 132 Å². The maximum atomic E-state index is 5.89. The van der Waals surface area contributed by atoms with E-state index in [2.05, 4.69) is 24.2 Å². The second-order valence-electron chi connectivity index (χ2n) is 6.90. The van der Waals surface area contributed by atoms with Crippen LogP contribution < -0.4 is 10.1 Å². The Bertz CT molecular complexity index is 534. The molecule has 1 fully saturated rings. The molecular weight excluding hydrogens is 276 g/mol. The minimum atomic E-state index is -0.123. The minimum absolute atomic E-state index is 0.123. The van der Waals surface area contributed by atoms with Crippen molar-refractivity contribution < 1.29 is 9.47 Å². The number of ether oxygens (including phenoxy) is 2. The van der Waals surface area contributed by atoms with E-state index in [-0.39, 0.29) is 5.54 Å². The van der Waals surface area contributed by atoms with Gasteiger partial charge in [-0.3, -0.25) is 0 Å². The second-order valence-corrected chi connectivity index (χ2v) is 6.90. The highest BCUT2D eigenvalue weighted by Gasteiger charge is 2.27. The molecule has 2 aliphatic rings. The molecule has 1 unspecified atom stereocenters. The average molecular weight is 302 g/mol. The number of rotatable bonds is 6. The molecule has 1 atom stereocenters. The van der Waals surface area contributed by atoms with Crippen LogP contribution >= 0.6 is 0 Å². The first-order valence-electron chi connectivity index (χ1n) is 8.29. The second kappa shape index (κ2) is 6.69. The lowest BCUT2D eigenvalue weighted by molar-refractivity contribution is 0.279. The van der Waals surface area contributed by atoms with Gasteiger partial charge in [-0.1, -0.05) is 6.07 Å². The third kappa shape index (κ3) is 4.01. The number of nitrogens with zero attached hydrogens (tertiary/aromatic N) is 1. The lowest BCUT2D eigenvalue weighted by atomic mass is 10.0. The van der Waals surface area contributed by atoms with Crippen molar-refractivity contribution in [3.8, 4) is 5.75 Å². The molecule has 1 N–H and O–H groups in total. The summed E-state index contributed by atoms with van der Waals surface area (Å²) >= 11 is 0. The fourth-order valence-electron chi connectivity index (χ4n) is 2.97. The van der Waals surface area contributed by atoms with Gasteiger partial charge in [0.05, 0.1) is 12.1 Å². The molecule has 0 amide bonds. The lowest BCUT2D eigenvalue weighted by Gasteiger charge is -2.10. The molecule has 0 spiro atoms. The molecule has 0 aromatic heterocycles. The molecule has 1 aromatic rings. The quantitative estimate of drug-likeness (QED) is 0.821. The topological polar surface area (TPSA) is 42.9 Å². The van der Waals surface area contributed by atoms with Crippen LogP contribution in [0.5, 0.6) is 5.75 Å². The van der Waals surface area contributed by atoms with Crippen LogP contribution in [-0.4, -0.2) is 37.7 Å². The maximum Gasteiger partial charge on any atom is 0.216 e. The Hall–Kier alpha value is -1.55. The summed E-state index contributed by atoms with van der Waals surface area (Å²) in [5.41, 5.74) is 0.879. The zero-order valence-electron chi connectivity index (χ0n) is 13.6. The van der Waals surface area contributed by atoms with Crippen molar-refractivity contribution in [2.45, 2.75) is 38.6 Å². The smallest absolute Gasteiger partial charge is 0.216 e. The molecule has 1 aromatic carbocycles. The van der Waals surface area contributed by atoms with Crippen LogP contribution in [0.1, 0.15) is 38.7 Å². The molecule has 1 saturated heterocycles. The predicted octanol–water partition coefficient (Wildman–Crippen LogP) is 3.01. The van der Waals surface area contributed by atoms with E-state index in [1.54, 1.807) is 0 Å². The van der Waals surface area contributed by atoms with Crippen molar-refractivity contribution in [2.75, 3.05) is 26.3 Å². The van der Waals surface area contributed by atoms with E-state index in [1.807, 2.05) is 24.3 Å². The van der Waals surface area contributed by atoms with Gasteiger partial charge in [0, 0.05) is 5.56 Å². The Morgan fingerprint density at radius 1 is 1.41 bits per heavy atom. The van der Waals surface area contributed by atoms with Crippen molar-refractivity contribution in [2.24, 2.45) is 10.9 Å². The molecule has 0 radical (unpaired) electrons. The Balaban J connectivity index is 1.51. The average Bonchev–Trinajstić information content (AvgIpc) is 3.13. The maximum absolute atomic E-state index is 5.89. The van der Waals surface area contributed by atoms with Crippen LogP contribution in [0, 0.1) is 5.92 Å². The predicted molar refractivity (Wildman–Crippen MR) is 88.7 cm³/mol. The van der Waals surface area contributed by atoms with E-state index >= 15 is 0 Å². The summed E-state index contributed by atoms with van der Waals surface area (Å²) in [7, 11) is 0. The molecule has 0 saturated carbocycles. The van der Waals surface area contributed by atoms with Gasteiger partial charge in [0.1, 0.15) is 12.4 Å². The van der Waals surface area contributed by atoms with E-state index in [1.165, 1.54) is 25.9 Å². The lowest BCUT2D eigenvalue weighted by Crippen LogP contribution is -2.17. The summed E-state index contributed by atoms with van der Waals surface area (Å²) in [4.78, 5) is 4.61. The van der Waals surface area contributed by atoms with E-state index in [4.69, 9.17) is 9.47 Å². The first-order valence-corrected chi connectivity index (χ1v) is 8.29. The van der Waals surface area contributed by atoms with Gasteiger partial charge in [-0.2, -0.15) is 0 Å². The van der Waals surface area contributed by atoms with Gasteiger partial charge in [-0.05, 0) is 70.3 Å². The van der Waals surface area contributed by atoms with Gasteiger partial charge in [-0.25, -0.2) is 4.99 Å². The largest absolute Gasteiger partial charge is 0.494 e. The summed E-state index contributed by atoms with van der Waals surface area (Å²) in [6.45, 7) is 7.92. The van der Waals surface area contributed by atoms with Gasteiger partial charge in [0.25, 0.3) is 0 Å². The summed E-state index contributed by atoms with van der Waals surface area (Å²) in [6, 6.07) is 8.05. The molecule has 120 valence electrons. The number of hydrogen-bond acceptors (Lipinski definition) is 4. The molecule has 2 heterocycles. The molecule has 4 nitrogen and oxygen atoms in total. The Kier molecular flexibility index (Phi) is 4.67. The highest BCUT2D eigenvalue weighted by Crippen LogP contribution is 2.23. The normalized spacial score (nSPS) is 23.2. The van der Waals surface area contributed by atoms with E-state index in [0.717, 1.165) is 36.2 Å². The molecule has 22 heavy (non-hydrogen) atoms. The number of hydrogen-bond donors (Lipinski definition) is 1. The molecule has 3 rings (SSSR count). The monoisotopic (exact) mass is 302 g/mol. The summed E-state index contributed by atoms with van der Waals surface area (Å²) in [5, 5.41) is 3.41. The van der Waals surface area contributed by atoms with Crippen molar-refractivity contribution in [1.29, 1.82) is 0 Å². The standard InChI is InChI=1S/C18H26N2O2/c1-18(2)13-22-17(20-18)15-6-3-7-16(11-15)21-10-4-5-14-8-9-19-12-14/h3,6-7,11,14,19H,4-5,8-10,12-13H2,1-2H3. The Morgan fingerprint density at radius 3 is 3.05 bits per heavy atom. The van der Waals surface area contributed by atoms with Crippen molar-refractivity contribution in [3.05, 3.63) is 29.8 Å². The molecule has 0 aliphatic carbocycles. The van der Waals surface area contributed by atoms with Crippen LogP contribution in [0.4, 0.5) is 0 Å². The van der Waals surface area contributed by atoms with Crippen LogP contribution in [0.2, 0.25) is 0 Å². The van der Waals surface area contributed by atoms with E-state index in [9.17, 15) is 0 Å². The molecule has 2 aliphatic heterocycles. The van der Waals surface area contributed by atoms with Gasteiger partial charge >= 0.3 is 0 Å².